The molecule has 0 aliphatic heterocycles. The van der Waals surface area contributed by atoms with E-state index in [1.807, 2.05) is 0 Å². The number of carboxylic acid groups (broad SMARTS) is 1. The molecule has 0 bridgehead atoms. The van der Waals surface area contributed by atoms with Gasteiger partial charge >= 0.3 is 5.97 Å². The van der Waals surface area contributed by atoms with Crippen molar-refractivity contribution in [3.63, 3.8) is 0 Å². The van der Waals surface area contributed by atoms with E-state index in [2.05, 4.69) is 5.32 Å². The molecule has 0 heterocycles. The Morgan fingerprint density at radius 1 is 0.833 bits per heavy atom. The Balaban J connectivity index is 1.90. The third kappa shape index (κ3) is 3.97. The Labute approximate surface area is 171 Å². The van der Waals surface area contributed by atoms with Crippen LogP contribution in [0.25, 0.3) is 0 Å². The van der Waals surface area contributed by atoms with Crippen LogP contribution in [0.5, 0.6) is 0 Å². The van der Waals surface area contributed by atoms with Gasteiger partial charge in [0.05, 0.1) is 21.9 Å². The summed E-state index contributed by atoms with van der Waals surface area (Å²) in [5.74, 6) is -8.53. The molecular formula is C21H14F3NO4S. The SMILES string of the molecule is Cc1c(F)c(F)c(F)c(C(=O)Nc2ccc(S(=O)c3ccccc3)cc2)c1C(=O)O. The molecule has 3 aromatic rings. The number of carbonyl (C=O) groups excluding carboxylic acids is 1. The molecule has 154 valence electrons. The molecule has 0 aliphatic rings. The number of benzene rings is 3. The first-order chi connectivity index (χ1) is 14.2. The molecular weight excluding hydrogens is 419 g/mol. The van der Waals surface area contributed by atoms with Crippen molar-refractivity contribution in [1.29, 1.82) is 0 Å². The predicted octanol–water partition coefficient (Wildman–Crippen LogP) is 4.53. The van der Waals surface area contributed by atoms with E-state index < -0.39 is 56.8 Å². The minimum Gasteiger partial charge on any atom is -0.478 e. The third-order valence-corrected chi connectivity index (χ3v) is 5.68. The van der Waals surface area contributed by atoms with Gasteiger partial charge in [-0.3, -0.25) is 4.79 Å². The monoisotopic (exact) mass is 433 g/mol. The van der Waals surface area contributed by atoms with Gasteiger partial charge in [-0.05, 0) is 43.3 Å². The number of nitrogens with one attached hydrogen (secondary N) is 1. The van der Waals surface area contributed by atoms with Gasteiger partial charge in [0.1, 0.15) is 0 Å². The lowest BCUT2D eigenvalue weighted by Crippen LogP contribution is -2.22. The van der Waals surface area contributed by atoms with E-state index in [4.69, 9.17) is 0 Å². The maximum atomic E-state index is 14.2. The number of amides is 1. The van der Waals surface area contributed by atoms with Gasteiger partial charge in [0, 0.05) is 21.0 Å². The second kappa shape index (κ2) is 8.50. The van der Waals surface area contributed by atoms with Crippen molar-refractivity contribution in [2.24, 2.45) is 0 Å². The van der Waals surface area contributed by atoms with Gasteiger partial charge in [0.15, 0.2) is 17.5 Å². The quantitative estimate of drug-likeness (QED) is 0.579. The average molecular weight is 433 g/mol. The van der Waals surface area contributed by atoms with Crippen LogP contribution in [-0.2, 0) is 10.8 Å². The highest BCUT2D eigenvalue weighted by atomic mass is 32.2. The van der Waals surface area contributed by atoms with E-state index >= 15 is 0 Å². The zero-order valence-corrected chi connectivity index (χ0v) is 16.2. The third-order valence-electron chi connectivity index (χ3n) is 4.28. The van der Waals surface area contributed by atoms with Crippen LogP contribution in [0.15, 0.2) is 64.4 Å². The maximum Gasteiger partial charge on any atom is 0.336 e. The molecule has 3 aromatic carbocycles. The van der Waals surface area contributed by atoms with Crippen LogP contribution in [0.1, 0.15) is 26.3 Å². The van der Waals surface area contributed by atoms with Crippen molar-refractivity contribution in [3.8, 4) is 0 Å². The van der Waals surface area contributed by atoms with Crippen LogP contribution in [0.4, 0.5) is 18.9 Å². The van der Waals surface area contributed by atoms with E-state index in [9.17, 15) is 32.1 Å². The fourth-order valence-corrected chi connectivity index (χ4v) is 3.85. The molecule has 0 saturated heterocycles. The minimum atomic E-state index is -1.93. The van der Waals surface area contributed by atoms with Crippen LogP contribution in [0.3, 0.4) is 0 Å². The maximum absolute atomic E-state index is 14.2. The number of rotatable bonds is 5. The van der Waals surface area contributed by atoms with Crippen LogP contribution in [-0.4, -0.2) is 21.2 Å². The first-order valence-electron chi connectivity index (χ1n) is 8.51. The van der Waals surface area contributed by atoms with Gasteiger partial charge in [-0.1, -0.05) is 18.2 Å². The normalized spacial score (nSPS) is 11.7. The molecule has 0 saturated carbocycles. The lowest BCUT2D eigenvalue weighted by molar-refractivity contribution is 0.0689. The summed E-state index contributed by atoms with van der Waals surface area (Å²) >= 11 is 0. The fraction of sp³-hybridized carbons (Fsp3) is 0.0476. The second-order valence-electron chi connectivity index (χ2n) is 6.18. The summed E-state index contributed by atoms with van der Waals surface area (Å²) in [6.45, 7) is 0.936. The Morgan fingerprint density at radius 2 is 1.40 bits per heavy atom. The molecule has 3 rings (SSSR count). The molecule has 1 unspecified atom stereocenters. The van der Waals surface area contributed by atoms with Crippen molar-refractivity contribution in [2.45, 2.75) is 16.7 Å². The Morgan fingerprint density at radius 3 is 1.97 bits per heavy atom. The summed E-state index contributed by atoms with van der Waals surface area (Å²) in [6, 6.07) is 14.3. The van der Waals surface area contributed by atoms with Crippen LogP contribution in [0, 0.1) is 24.4 Å². The van der Waals surface area contributed by atoms with Crippen LogP contribution < -0.4 is 5.32 Å². The van der Waals surface area contributed by atoms with Crippen molar-refractivity contribution < 1.29 is 32.1 Å². The fourth-order valence-electron chi connectivity index (χ4n) is 2.79. The molecule has 0 aliphatic carbocycles. The number of carboxylic acids is 1. The van der Waals surface area contributed by atoms with Crippen LogP contribution >= 0.6 is 0 Å². The van der Waals surface area contributed by atoms with Gasteiger partial charge in [0.2, 0.25) is 0 Å². The summed E-state index contributed by atoms with van der Waals surface area (Å²) < 4.78 is 54.1. The van der Waals surface area contributed by atoms with Gasteiger partial charge in [-0.25, -0.2) is 22.2 Å². The number of carbonyl (C=O) groups is 2. The number of hydrogen-bond donors (Lipinski definition) is 2. The first-order valence-corrected chi connectivity index (χ1v) is 9.66. The zero-order valence-electron chi connectivity index (χ0n) is 15.4. The van der Waals surface area contributed by atoms with Crippen molar-refractivity contribution in [1.82, 2.24) is 0 Å². The van der Waals surface area contributed by atoms with E-state index in [0.717, 1.165) is 6.92 Å². The van der Waals surface area contributed by atoms with Gasteiger partial charge in [-0.15, -0.1) is 0 Å². The van der Waals surface area contributed by atoms with Crippen molar-refractivity contribution in [3.05, 3.63) is 88.7 Å². The summed E-state index contributed by atoms with van der Waals surface area (Å²) in [5, 5.41) is 11.5. The average Bonchev–Trinajstić information content (AvgIpc) is 2.74. The summed E-state index contributed by atoms with van der Waals surface area (Å²) in [4.78, 5) is 24.9. The highest BCUT2D eigenvalue weighted by Gasteiger charge is 2.30. The van der Waals surface area contributed by atoms with E-state index in [1.54, 1.807) is 30.3 Å². The molecule has 0 radical (unpaired) electrons. The second-order valence-corrected chi connectivity index (χ2v) is 7.66. The van der Waals surface area contributed by atoms with Gasteiger partial charge < -0.3 is 10.4 Å². The summed E-state index contributed by atoms with van der Waals surface area (Å²) in [5.41, 5.74) is -2.66. The highest BCUT2D eigenvalue weighted by Crippen LogP contribution is 2.26. The number of aromatic carboxylic acids is 1. The van der Waals surface area contributed by atoms with E-state index in [1.165, 1.54) is 24.3 Å². The molecule has 0 aromatic heterocycles. The first kappa shape index (κ1) is 21.3. The molecule has 1 amide bonds. The minimum absolute atomic E-state index is 0.118. The van der Waals surface area contributed by atoms with Gasteiger partial charge in [-0.2, -0.15) is 0 Å². The lowest BCUT2D eigenvalue weighted by atomic mass is 9.99. The number of halogens is 3. The standard InChI is InChI=1S/C21H14F3NO4S/c1-11-15(21(27)28)16(18(23)19(24)17(11)22)20(26)25-12-7-9-14(10-8-12)30(29)13-5-3-2-4-6-13/h2-10H,1H3,(H,25,26)(H,27,28). The molecule has 2 N–H and O–H groups in total. The number of anilines is 1. The lowest BCUT2D eigenvalue weighted by Gasteiger charge is -2.13. The smallest absolute Gasteiger partial charge is 0.336 e. The molecule has 0 fully saturated rings. The molecule has 9 heteroatoms. The largest absolute Gasteiger partial charge is 0.478 e. The Bertz CT molecular complexity index is 1170. The summed E-state index contributed by atoms with van der Waals surface area (Å²) in [7, 11) is -1.47. The molecule has 5 nitrogen and oxygen atoms in total. The molecule has 0 spiro atoms. The summed E-state index contributed by atoms with van der Waals surface area (Å²) in [6.07, 6.45) is 0. The Kier molecular flexibility index (Phi) is 6.02. The van der Waals surface area contributed by atoms with Crippen molar-refractivity contribution in [2.75, 3.05) is 5.32 Å². The Hall–Kier alpha value is -3.46. The van der Waals surface area contributed by atoms with E-state index in [0.29, 0.717) is 9.79 Å². The molecule has 1 atom stereocenters. The predicted molar refractivity (Wildman–Crippen MR) is 104 cm³/mol. The highest BCUT2D eigenvalue weighted by molar-refractivity contribution is 7.85. The van der Waals surface area contributed by atoms with Crippen LogP contribution in [0.2, 0.25) is 0 Å². The van der Waals surface area contributed by atoms with E-state index in [-0.39, 0.29) is 5.69 Å². The number of hydrogen-bond acceptors (Lipinski definition) is 3. The van der Waals surface area contributed by atoms with Gasteiger partial charge in [0.25, 0.3) is 5.91 Å². The van der Waals surface area contributed by atoms with Crippen molar-refractivity contribution >= 4 is 28.4 Å². The molecule has 30 heavy (non-hydrogen) atoms. The topological polar surface area (TPSA) is 83.5 Å². The zero-order chi connectivity index (χ0) is 22.0.